The molecule has 12 nitrogen and oxygen atoms in total. The second kappa shape index (κ2) is 29.0. The minimum Gasteiger partial charge on any atom is -0.549 e. The number of rotatable bonds is 16. The summed E-state index contributed by atoms with van der Waals surface area (Å²) >= 11 is 0. The number of hydrogen-bond acceptors (Lipinski definition) is 12. The van der Waals surface area contributed by atoms with E-state index in [2.05, 4.69) is 0 Å². The fraction of sp³-hybridized carbons (Fsp3) is 0.714. The molecule has 0 aliphatic rings. The third-order valence-corrected chi connectivity index (χ3v) is 5.72. The molecular formula is C28H44O12Zr. The van der Waals surface area contributed by atoms with Gasteiger partial charge < -0.3 is 39.6 Å². The number of hydrogen-bond donors (Lipinski definition) is 0. The molecule has 0 aliphatic carbocycles. The molecule has 0 radical (unpaired) electrons. The maximum Gasteiger partial charge on any atom is 4.00 e. The first-order valence-electron chi connectivity index (χ1n) is 13.5. The van der Waals surface area contributed by atoms with E-state index in [1.54, 1.807) is 55.4 Å². The van der Waals surface area contributed by atoms with Crippen molar-refractivity contribution in [2.75, 3.05) is 0 Å². The Kier molecular flexibility index (Phi) is 34.0. The van der Waals surface area contributed by atoms with E-state index < -0.39 is 47.5 Å². The Morgan fingerprint density at radius 2 is 0.488 bits per heavy atom. The largest absolute Gasteiger partial charge is 4.00 e. The Balaban J connectivity index is -0.000000139. The van der Waals surface area contributed by atoms with Crippen molar-refractivity contribution in [3.8, 4) is 0 Å². The van der Waals surface area contributed by atoms with Gasteiger partial charge in [0.15, 0.2) is 0 Å². The van der Waals surface area contributed by atoms with E-state index in [9.17, 15) is 58.8 Å². The second-order valence-electron chi connectivity index (χ2n) is 8.40. The molecule has 4 atom stereocenters. The van der Waals surface area contributed by atoms with Crippen LogP contribution in [0.3, 0.4) is 0 Å². The van der Waals surface area contributed by atoms with Gasteiger partial charge >= 0.3 is 26.2 Å². The van der Waals surface area contributed by atoms with Crippen LogP contribution in [0.25, 0.3) is 0 Å². The second-order valence-corrected chi connectivity index (χ2v) is 8.40. The van der Waals surface area contributed by atoms with E-state index in [1.807, 2.05) is 0 Å². The van der Waals surface area contributed by atoms with Gasteiger partial charge in [0.2, 0.25) is 0 Å². The van der Waals surface area contributed by atoms with Gasteiger partial charge in [0.05, 0.1) is 47.5 Å². The number of carbonyl (C=O) groups excluding carboxylic acids is 8. The van der Waals surface area contributed by atoms with Crippen LogP contribution in [0.4, 0.5) is 0 Å². The predicted octanol–water partition coefficient (Wildman–Crippen LogP) is -1.04. The summed E-state index contributed by atoms with van der Waals surface area (Å²) in [5.41, 5.74) is 0. The maximum atomic E-state index is 10.8. The Morgan fingerprint density at radius 1 is 0.366 bits per heavy atom. The zero-order valence-electron chi connectivity index (χ0n) is 25.4. The quantitative estimate of drug-likeness (QED) is 0.180. The minimum atomic E-state index is -1.26. The van der Waals surface area contributed by atoms with Crippen molar-refractivity contribution in [3.63, 3.8) is 0 Å². The summed E-state index contributed by atoms with van der Waals surface area (Å²) in [6, 6.07) is 0. The van der Waals surface area contributed by atoms with Gasteiger partial charge in [-0.1, -0.05) is 55.4 Å². The van der Waals surface area contributed by atoms with E-state index in [0.717, 1.165) is 0 Å². The molecule has 0 saturated heterocycles. The van der Waals surface area contributed by atoms with Gasteiger partial charge in [-0.2, -0.15) is 0 Å². The molecular weight excluding hydrogens is 620 g/mol. The normalized spacial score (nSPS) is 12.3. The molecule has 0 saturated carbocycles. The summed E-state index contributed by atoms with van der Waals surface area (Å²) in [6.07, 6.45) is 2.39. The Hall–Kier alpha value is -2.56. The van der Waals surface area contributed by atoms with Crippen LogP contribution in [0.2, 0.25) is 0 Å². The monoisotopic (exact) mass is 662 g/mol. The topological polar surface area (TPSA) is 229 Å². The van der Waals surface area contributed by atoms with Gasteiger partial charge in [-0.15, -0.1) is 0 Å². The molecule has 232 valence electrons. The molecule has 0 aromatic rings. The number of carboxylic acids is 4. The van der Waals surface area contributed by atoms with Gasteiger partial charge in [0.1, 0.15) is 23.1 Å². The number of carboxylic acid groups (broad SMARTS) is 4. The average Bonchev–Trinajstić information content (AvgIpc) is 2.89. The van der Waals surface area contributed by atoms with Gasteiger partial charge in [-0.3, -0.25) is 19.2 Å². The van der Waals surface area contributed by atoms with E-state index in [-0.39, 0.29) is 75.0 Å². The third kappa shape index (κ3) is 22.8. The van der Waals surface area contributed by atoms with Crippen molar-refractivity contribution < 1.29 is 85.0 Å². The molecule has 0 aromatic carbocycles. The first-order valence-corrected chi connectivity index (χ1v) is 13.5. The number of ketones is 4. The molecule has 0 aromatic heterocycles. The summed E-state index contributed by atoms with van der Waals surface area (Å²) in [5, 5.41) is 40.8. The van der Waals surface area contributed by atoms with Crippen LogP contribution >= 0.6 is 0 Å². The summed E-state index contributed by atoms with van der Waals surface area (Å²) in [4.78, 5) is 83.9. The molecule has 0 spiro atoms. The standard InChI is InChI=1S/4C7H12O3.Zr/c4*1-3-5(7(9)10)6(8)4-2;/h4*5H,3-4H2,1-2H3,(H,9,10);/q;;;;+4/p-4. The van der Waals surface area contributed by atoms with E-state index >= 15 is 0 Å². The summed E-state index contributed by atoms with van der Waals surface area (Å²) in [6.45, 7) is 13.2. The van der Waals surface area contributed by atoms with Crippen LogP contribution in [-0.2, 0) is 64.6 Å². The number of Topliss-reactive ketones (excluding diaryl/α,β-unsaturated/α-hetero) is 4. The van der Waals surface area contributed by atoms with Crippen molar-refractivity contribution in [1.82, 2.24) is 0 Å². The van der Waals surface area contributed by atoms with Crippen molar-refractivity contribution in [2.45, 2.75) is 107 Å². The zero-order chi connectivity index (χ0) is 32.6. The third-order valence-electron chi connectivity index (χ3n) is 5.72. The van der Waals surface area contributed by atoms with E-state index in [1.165, 1.54) is 0 Å². The summed E-state index contributed by atoms with van der Waals surface area (Å²) in [7, 11) is 0. The smallest absolute Gasteiger partial charge is 0.549 e. The Morgan fingerprint density at radius 3 is 0.512 bits per heavy atom. The molecule has 0 N–H and O–H groups in total. The molecule has 0 amide bonds. The summed E-state index contributed by atoms with van der Waals surface area (Å²) < 4.78 is 0. The predicted molar refractivity (Wildman–Crippen MR) is 136 cm³/mol. The average molecular weight is 664 g/mol. The van der Waals surface area contributed by atoms with Crippen LogP contribution in [0.1, 0.15) is 107 Å². The van der Waals surface area contributed by atoms with Gasteiger partial charge in [0.25, 0.3) is 0 Å². The zero-order valence-corrected chi connectivity index (χ0v) is 27.8. The molecule has 0 aliphatic heterocycles. The van der Waals surface area contributed by atoms with Crippen molar-refractivity contribution in [2.24, 2.45) is 23.7 Å². The van der Waals surface area contributed by atoms with Gasteiger partial charge in [0, 0.05) is 25.7 Å². The fourth-order valence-electron chi connectivity index (χ4n) is 3.09. The molecule has 41 heavy (non-hydrogen) atoms. The number of carbonyl (C=O) groups is 8. The van der Waals surface area contributed by atoms with Crippen LogP contribution in [-0.4, -0.2) is 47.0 Å². The van der Waals surface area contributed by atoms with Crippen LogP contribution in [0.15, 0.2) is 0 Å². The summed E-state index contributed by atoms with van der Waals surface area (Å²) in [5.74, 6) is -9.60. The van der Waals surface area contributed by atoms with E-state index in [0.29, 0.717) is 25.7 Å². The Bertz CT molecular complexity index is 702. The number of aliphatic carboxylic acids is 4. The minimum absolute atomic E-state index is 0. The molecule has 0 bridgehead atoms. The first kappa shape index (κ1) is 48.2. The van der Waals surface area contributed by atoms with Crippen LogP contribution in [0, 0.1) is 23.7 Å². The van der Waals surface area contributed by atoms with Gasteiger partial charge in [-0.05, 0) is 25.7 Å². The molecule has 13 heteroatoms. The SMILES string of the molecule is CCC(=O)C(CC)C(=O)[O-].CCC(=O)C(CC)C(=O)[O-].CCC(=O)C(CC)C(=O)[O-].CCC(=O)C(CC)C(=O)[O-].[Zr+4]. The van der Waals surface area contributed by atoms with Crippen molar-refractivity contribution in [3.05, 3.63) is 0 Å². The molecule has 0 rings (SSSR count). The van der Waals surface area contributed by atoms with E-state index in [4.69, 9.17) is 0 Å². The fourth-order valence-corrected chi connectivity index (χ4v) is 3.09. The van der Waals surface area contributed by atoms with Crippen molar-refractivity contribution in [1.29, 1.82) is 0 Å². The molecule has 4 unspecified atom stereocenters. The van der Waals surface area contributed by atoms with Crippen molar-refractivity contribution >= 4 is 47.0 Å². The Labute approximate surface area is 261 Å². The molecule has 0 heterocycles. The van der Waals surface area contributed by atoms with Crippen LogP contribution < -0.4 is 20.4 Å². The first-order chi connectivity index (χ1) is 18.5. The molecule has 0 fully saturated rings. The van der Waals surface area contributed by atoms with Gasteiger partial charge in [-0.25, -0.2) is 0 Å². The van der Waals surface area contributed by atoms with Crippen LogP contribution in [0.5, 0.6) is 0 Å². The maximum absolute atomic E-state index is 10.8.